The molecule has 6 rings (SSSR count). The number of hydrogen-bond acceptors (Lipinski definition) is 10. The molecule has 5 N–H and O–H groups in total. The number of amides is 5. The summed E-state index contributed by atoms with van der Waals surface area (Å²) in [5, 5.41) is 5.78. The third-order valence-corrected chi connectivity index (χ3v) is 20.1. The van der Waals surface area contributed by atoms with E-state index >= 15 is 0 Å². The van der Waals surface area contributed by atoms with Crippen LogP contribution < -0.4 is 21.1 Å². The third-order valence-electron chi connectivity index (χ3n) is 17.3. The number of primary amides is 1. The molecular weight excluding hydrogens is 1090 g/mol. The van der Waals surface area contributed by atoms with E-state index in [4.69, 9.17) is 10.5 Å². The number of alkyl carbamates (subject to hydrolysis) is 1. The maximum atomic E-state index is 12.4. The Bertz CT molecular complexity index is 2060. The maximum Gasteiger partial charge on any atom is 0.424 e. The number of nitrogens with zero attached hydrogens (tertiary/aromatic N) is 3. The minimum Gasteiger partial charge on any atom is -0.452 e. The number of carbonyl (C=O) groups is 4. The minimum atomic E-state index is -3.69. The highest BCUT2D eigenvalue weighted by Crippen LogP contribution is 2.37. The topological polar surface area (TPSA) is 227 Å². The van der Waals surface area contributed by atoms with E-state index < -0.39 is 31.9 Å². The van der Waals surface area contributed by atoms with E-state index in [-0.39, 0.29) is 30.8 Å². The van der Waals surface area contributed by atoms with Crippen LogP contribution in [0.5, 0.6) is 0 Å². The Hall–Kier alpha value is -2.90. The molecule has 83 heavy (non-hydrogen) atoms. The fourth-order valence-electron chi connectivity index (χ4n) is 13.8. The number of nitrogens with two attached hydrogens (primary N) is 1. The van der Waals surface area contributed by atoms with Crippen molar-refractivity contribution in [2.24, 2.45) is 70.8 Å². The van der Waals surface area contributed by atoms with E-state index in [2.05, 4.69) is 89.3 Å². The molecule has 1 saturated heterocycles. The zero-order chi connectivity index (χ0) is 62.8. The lowest BCUT2D eigenvalue weighted by Crippen LogP contribution is -2.43. The highest BCUT2D eigenvalue weighted by molar-refractivity contribution is 7.88. The first kappa shape index (κ1) is 76.2. The molecule has 5 amide bonds. The fourth-order valence-corrected chi connectivity index (χ4v) is 16.4. The molecule has 17 nitrogen and oxygen atoms in total. The number of nitrogens with one attached hydrogen (secondary N) is 3. The number of sulfonamides is 1. The highest BCUT2D eigenvalue weighted by atomic mass is 32.2. The van der Waals surface area contributed by atoms with Gasteiger partial charge in [-0.05, 0) is 240 Å². The van der Waals surface area contributed by atoms with Gasteiger partial charge in [-0.3, -0.25) is 4.79 Å². The lowest BCUT2D eigenvalue weighted by Gasteiger charge is -2.34. The van der Waals surface area contributed by atoms with Crippen molar-refractivity contribution in [3.05, 3.63) is 0 Å². The maximum absolute atomic E-state index is 12.4. The van der Waals surface area contributed by atoms with Crippen LogP contribution >= 0.6 is 0 Å². The van der Waals surface area contributed by atoms with Crippen LogP contribution in [0.2, 0.25) is 0 Å². The Labute approximate surface area is 508 Å². The molecular formula is C64H125N7O10S2. The van der Waals surface area contributed by atoms with Gasteiger partial charge < -0.3 is 30.7 Å². The number of hydrogen-bond donors (Lipinski definition) is 4. The molecule has 0 atom stereocenters. The Morgan fingerprint density at radius 2 is 0.892 bits per heavy atom. The van der Waals surface area contributed by atoms with Gasteiger partial charge >= 0.3 is 28.4 Å². The Morgan fingerprint density at radius 3 is 1.20 bits per heavy atom. The van der Waals surface area contributed by atoms with Gasteiger partial charge in [0.2, 0.25) is 15.9 Å². The summed E-state index contributed by atoms with van der Waals surface area (Å²) in [6.45, 7) is 28.9. The van der Waals surface area contributed by atoms with Crippen molar-refractivity contribution in [1.29, 1.82) is 0 Å². The van der Waals surface area contributed by atoms with Crippen LogP contribution in [0.4, 0.5) is 14.4 Å². The largest absolute Gasteiger partial charge is 0.452 e. The van der Waals surface area contributed by atoms with Crippen molar-refractivity contribution in [3.63, 3.8) is 0 Å². The van der Waals surface area contributed by atoms with E-state index in [1.54, 1.807) is 4.90 Å². The summed E-state index contributed by atoms with van der Waals surface area (Å²) in [6, 6.07) is 0.480. The van der Waals surface area contributed by atoms with Gasteiger partial charge in [0.05, 0.1) is 19.9 Å². The molecule has 0 aromatic rings. The van der Waals surface area contributed by atoms with E-state index in [0.29, 0.717) is 42.3 Å². The molecule has 0 bridgehead atoms. The monoisotopic (exact) mass is 1220 g/mol. The van der Waals surface area contributed by atoms with Crippen LogP contribution in [0, 0.1) is 65.1 Å². The van der Waals surface area contributed by atoms with Crippen LogP contribution in [0.15, 0.2) is 0 Å². The summed E-state index contributed by atoms with van der Waals surface area (Å²) < 4.78 is 61.8. The molecule has 5 aliphatic carbocycles. The van der Waals surface area contributed by atoms with Gasteiger partial charge in [-0.25, -0.2) is 27.5 Å². The molecule has 1 aliphatic heterocycles. The summed E-state index contributed by atoms with van der Waals surface area (Å²) >= 11 is 0. The lowest BCUT2D eigenvalue weighted by atomic mass is 9.78. The number of rotatable bonds is 16. The van der Waals surface area contributed by atoms with E-state index in [1.807, 2.05) is 34.9 Å². The van der Waals surface area contributed by atoms with Crippen molar-refractivity contribution < 1.29 is 45.5 Å². The van der Waals surface area contributed by atoms with Crippen LogP contribution in [0.25, 0.3) is 0 Å². The van der Waals surface area contributed by atoms with Crippen LogP contribution in [0.1, 0.15) is 251 Å². The smallest absolute Gasteiger partial charge is 0.424 e. The Kier molecular flexibility index (Phi) is 34.6. The second-order valence-corrected chi connectivity index (χ2v) is 32.7. The molecule has 0 radical (unpaired) electrons. The second-order valence-electron chi connectivity index (χ2n) is 29.1. The SMILES string of the molecule is CC(C)CC1CCC(C(=O)N(C)C)CC1.CC(C)CC1CCC(NC(=O)OC(C)(C)C)CC1.CC(C)CC1CCC(NC(N)=O)CC1.CC(C)CC1CCC(NS(C)(=O)=O)CC1.COC(=O)N1CCN(C2CCC(CC(C)C)CC2)S1(=O)=O. The molecule has 5 saturated carbocycles. The Balaban J connectivity index is 0.000000357. The molecule has 19 heteroatoms. The molecule has 0 aromatic carbocycles. The van der Waals surface area contributed by atoms with Crippen LogP contribution in [-0.4, -0.2) is 125 Å². The van der Waals surface area contributed by atoms with Gasteiger partial charge in [-0.1, -0.05) is 69.2 Å². The molecule has 0 spiro atoms. The summed E-state index contributed by atoms with van der Waals surface area (Å²) in [5.74, 6) is 8.57. The van der Waals surface area contributed by atoms with Gasteiger partial charge in [0, 0.05) is 50.7 Å². The summed E-state index contributed by atoms with van der Waals surface area (Å²) in [5.41, 5.74) is 4.68. The second kappa shape index (κ2) is 37.7. The lowest BCUT2D eigenvalue weighted by molar-refractivity contribution is -0.134. The molecule has 6 aliphatic rings. The van der Waals surface area contributed by atoms with Gasteiger partial charge in [0.25, 0.3) is 0 Å². The first-order valence-electron chi connectivity index (χ1n) is 32.7. The van der Waals surface area contributed by atoms with Gasteiger partial charge in [-0.2, -0.15) is 17.0 Å². The average Bonchev–Trinajstić information content (AvgIpc) is 3.67. The van der Waals surface area contributed by atoms with Crippen molar-refractivity contribution in [3.8, 4) is 0 Å². The van der Waals surface area contributed by atoms with Crippen molar-refractivity contribution in [2.45, 2.75) is 280 Å². The number of ether oxygens (including phenoxy) is 2. The molecule has 0 aromatic heterocycles. The number of methoxy groups -OCH3 is 1. The standard InChI is InChI=1S/C15H29NO2.C14H26N2O4S.C13H25NO.C11H22N2O.C11H23NO2S/c1-11(2)10-12-6-8-13(9-7-12)16-14(17)18-15(3,4)5;1-11(2)10-12-4-6-13(7-5-12)15-8-9-16(14(17)20-3)21(15,18)19;1-10(2)9-11-5-7-12(8-6-11)13(15)14(3)4;1-8(2)7-9-3-5-10(6-4-9)13-11(12)14;1-9(2)8-10-4-6-11(7-5-10)12-15(3,13)14/h11-13H,6-10H2,1-5H3,(H,16,17);11-13H,4-10H2,1-3H3;10-12H,5-9H2,1-4H3;8-10H,3-7H2,1-2H3,(H3,12,13,14);9-12H,4-8H2,1-3H3. The van der Waals surface area contributed by atoms with E-state index in [0.717, 1.165) is 129 Å². The fraction of sp³-hybridized carbons (Fsp3) is 0.938. The van der Waals surface area contributed by atoms with Crippen LogP contribution in [-0.2, 0) is 34.5 Å². The zero-order valence-electron chi connectivity index (χ0n) is 55.6. The third kappa shape index (κ3) is 32.6. The van der Waals surface area contributed by atoms with Crippen molar-refractivity contribution in [2.75, 3.05) is 40.6 Å². The first-order chi connectivity index (χ1) is 38.6. The number of urea groups is 1. The van der Waals surface area contributed by atoms with Crippen LogP contribution in [0.3, 0.4) is 0 Å². The highest BCUT2D eigenvalue weighted by Gasteiger charge is 2.45. The minimum absolute atomic E-state index is 0.0352. The Morgan fingerprint density at radius 1 is 0.554 bits per heavy atom. The predicted molar refractivity (Wildman–Crippen MR) is 339 cm³/mol. The normalized spacial score (nSPS) is 27.6. The van der Waals surface area contributed by atoms with E-state index in [1.165, 1.54) is 101 Å². The summed E-state index contributed by atoms with van der Waals surface area (Å²) in [4.78, 5) is 47.3. The van der Waals surface area contributed by atoms with Gasteiger partial charge in [-0.15, -0.1) is 0 Å². The predicted octanol–water partition coefficient (Wildman–Crippen LogP) is 13.7. The quantitative estimate of drug-likeness (QED) is 0.114. The molecule has 0 unspecified atom stereocenters. The van der Waals surface area contributed by atoms with Gasteiger partial charge in [0.1, 0.15) is 5.60 Å². The molecule has 488 valence electrons. The molecule has 1 heterocycles. The zero-order valence-corrected chi connectivity index (χ0v) is 57.2. The van der Waals surface area contributed by atoms with E-state index in [9.17, 15) is 36.0 Å². The van der Waals surface area contributed by atoms with Crippen molar-refractivity contribution >= 4 is 44.4 Å². The summed E-state index contributed by atoms with van der Waals surface area (Å²) in [6.07, 6.45) is 29.0. The van der Waals surface area contributed by atoms with Crippen molar-refractivity contribution in [1.82, 2.24) is 28.9 Å². The summed E-state index contributed by atoms with van der Waals surface area (Å²) in [7, 11) is -1.77. The first-order valence-corrected chi connectivity index (χ1v) is 36.0. The van der Waals surface area contributed by atoms with Gasteiger partial charge in [0.15, 0.2) is 0 Å². The average molecular weight is 1220 g/mol. The number of carbonyl (C=O) groups excluding carboxylic acids is 4. The molecule has 6 fully saturated rings.